The monoisotopic (exact) mass is 354 g/mol. The molecule has 5 nitrogen and oxygen atoms in total. The summed E-state index contributed by atoms with van der Waals surface area (Å²) in [5.41, 5.74) is 4.28. The first-order valence-electron chi connectivity index (χ1n) is 7.23. The second-order valence-electron chi connectivity index (χ2n) is 5.74. The van der Waals surface area contributed by atoms with Gasteiger partial charge in [0.05, 0.1) is 28.2 Å². The largest absolute Gasteiger partial charge is 0.387 e. The molecule has 0 spiro atoms. The molecule has 2 heterocycles. The Morgan fingerprint density at radius 2 is 2.00 bits per heavy atom. The first-order valence-corrected chi connectivity index (χ1v) is 8.02. The molecule has 2 aromatic heterocycles. The van der Waals surface area contributed by atoms with E-state index in [0.29, 0.717) is 6.42 Å². The molecule has 116 valence electrons. The van der Waals surface area contributed by atoms with Gasteiger partial charge in [0.15, 0.2) is 0 Å². The molecule has 1 N–H and O–H groups in total. The highest BCUT2D eigenvalue weighted by atomic mass is 79.9. The van der Waals surface area contributed by atoms with Crippen molar-refractivity contribution in [3.63, 3.8) is 0 Å². The van der Waals surface area contributed by atoms with Gasteiger partial charge in [0.25, 0.3) is 0 Å². The third kappa shape index (κ3) is 3.21. The average Bonchev–Trinajstić information content (AvgIpc) is 2.90. The molecule has 2 aromatic rings. The maximum Gasteiger partial charge on any atom is 0.0971 e. The minimum absolute atomic E-state index is 0.225. The lowest BCUT2D eigenvalue weighted by Crippen LogP contribution is -2.12. The van der Waals surface area contributed by atoms with Crippen molar-refractivity contribution in [1.29, 1.82) is 0 Å². The van der Waals surface area contributed by atoms with Gasteiger partial charge < -0.3 is 5.11 Å². The summed E-state index contributed by atoms with van der Waals surface area (Å²) in [5, 5.41) is 19.3. The lowest BCUT2D eigenvalue weighted by atomic mass is 10.0. The zero-order valence-corrected chi connectivity index (χ0v) is 14.8. The quantitative estimate of drug-likeness (QED) is 0.896. The summed E-state index contributed by atoms with van der Waals surface area (Å²) in [6, 6.07) is 0.225. The van der Waals surface area contributed by atoms with Crippen LogP contribution in [0.2, 0.25) is 0 Å². The van der Waals surface area contributed by atoms with Crippen LogP contribution in [0.15, 0.2) is 10.7 Å². The van der Waals surface area contributed by atoms with Crippen molar-refractivity contribution in [2.24, 2.45) is 7.05 Å². The Morgan fingerprint density at radius 1 is 1.33 bits per heavy atom. The van der Waals surface area contributed by atoms with Crippen LogP contribution in [-0.2, 0) is 13.5 Å². The number of hydrogen-bond donors (Lipinski definition) is 1. The molecule has 21 heavy (non-hydrogen) atoms. The van der Waals surface area contributed by atoms with Crippen LogP contribution in [0.4, 0.5) is 0 Å². The van der Waals surface area contributed by atoms with E-state index in [-0.39, 0.29) is 6.04 Å². The Bertz CT molecular complexity index is 630. The maximum atomic E-state index is 10.6. The molecule has 1 atom stereocenters. The van der Waals surface area contributed by atoms with E-state index in [1.54, 1.807) is 6.20 Å². The SMILES string of the molecule is Cc1nn(C)c(C)c1CCC(O)c1c(Br)cnn1C(C)C. The number of aliphatic hydroxyl groups is 1. The third-order valence-electron chi connectivity index (χ3n) is 3.92. The number of halogens is 1. The molecule has 0 saturated heterocycles. The number of aromatic nitrogens is 4. The summed E-state index contributed by atoms with van der Waals surface area (Å²) in [6.45, 7) is 8.20. The summed E-state index contributed by atoms with van der Waals surface area (Å²) in [4.78, 5) is 0. The van der Waals surface area contributed by atoms with Gasteiger partial charge in [-0.3, -0.25) is 9.36 Å². The van der Waals surface area contributed by atoms with Crippen LogP contribution in [0.25, 0.3) is 0 Å². The minimum atomic E-state index is -0.539. The van der Waals surface area contributed by atoms with Crippen LogP contribution in [0.5, 0.6) is 0 Å². The summed E-state index contributed by atoms with van der Waals surface area (Å²) >= 11 is 3.49. The van der Waals surface area contributed by atoms with Crippen molar-refractivity contribution in [3.05, 3.63) is 33.3 Å². The van der Waals surface area contributed by atoms with Crippen LogP contribution in [0.1, 0.15) is 55.1 Å². The molecule has 0 aliphatic heterocycles. The maximum absolute atomic E-state index is 10.6. The number of nitrogens with zero attached hydrogens (tertiary/aromatic N) is 4. The van der Waals surface area contributed by atoms with Crippen molar-refractivity contribution < 1.29 is 5.11 Å². The van der Waals surface area contributed by atoms with E-state index in [1.807, 2.05) is 23.3 Å². The van der Waals surface area contributed by atoms with Gasteiger partial charge in [0.1, 0.15) is 0 Å². The van der Waals surface area contributed by atoms with Crippen LogP contribution in [0, 0.1) is 13.8 Å². The van der Waals surface area contributed by atoms with E-state index in [9.17, 15) is 5.11 Å². The Kier molecular flexibility index (Phi) is 4.88. The zero-order valence-electron chi connectivity index (χ0n) is 13.3. The van der Waals surface area contributed by atoms with E-state index in [0.717, 1.165) is 28.0 Å². The molecule has 0 aliphatic rings. The van der Waals surface area contributed by atoms with Crippen molar-refractivity contribution in [2.45, 2.75) is 52.7 Å². The number of hydrogen-bond acceptors (Lipinski definition) is 3. The summed E-state index contributed by atoms with van der Waals surface area (Å²) in [5.74, 6) is 0. The van der Waals surface area contributed by atoms with E-state index in [1.165, 1.54) is 5.56 Å². The predicted octanol–water partition coefficient (Wildman–Crippen LogP) is 3.24. The van der Waals surface area contributed by atoms with Crippen molar-refractivity contribution >= 4 is 15.9 Å². The molecule has 0 radical (unpaired) electrons. The highest BCUT2D eigenvalue weighted by molar-refractivity contribution is 9.10. The van der Waals surface area contributed by atoms with Crippen LogP contribution in [0.3, 0.4) is 0 Å². The highest BCUT2D eigenvalue weighted by Gasteiger charge is 2.20. The second-order valence-corrected chi connectivity index (χ2v) is 6.60. The van der Waals surface area contributed by atoms with Crippen LogP contribution < -0.4 is 0 Å². The number of rotatable bonds is 5. The standard InChI is InChI=1S/C15H23BrN4O/c1-9(2)20-15(13(16)8-17-20)14(21)7-6-12-10(3)18-19(5)11(12)4/h8-9,14,21H,6-7H2,1-5H3. The molecule has 1 unspecified atom stereocenters. The van der Waals surface area contributed by atoms with Crippen LogP contribution >= 0.6 is 15.9 Å². The third-order valence-corrected chi connectivity index (χ3v) is 4.53. The first-order chi connectivity index (χ1) is 9.82. The summed E-state index contributed by atoms with van der Waals surface area (Å²) in [7, 11) is 1.95. The Labute approximate surface area is 134 Å². The molecule has 0 saturated carbocycles. The first kappa shape index (κ1) is 16.2. The van der Waals surface area contributed by atoms with E-state index < -0.39 is 6.10 Å². The van der Waals surface area contributed by atoms with Gasteiger partial charge in [0.2, 0.25) is 0 Å². The number of aliphatic hydroxyl groups excluding tert-OH is 1. The zero-order chi connectivity index (χ0) is 15.7. The fourth-order valence-electron chi connectivity index (χ4n) is 2.67. The van der Waals surface area contributed by atoms with Gasteiger partial charge >= 0.3 is 0 Å². The summed E-state index contributed by atoms with van der Waals surface area (Å²) < 4.78 is 4.63. The predicted molar refractivity (Wildman–Crippen MR) is 86.3 cm³/mol. The average molecular weight is 355 g/mol. The smallest absolute Gasteiger partial charge is 0.0971 e. The lowest BCUT2D eigenvalue weighted by molar-refractivity contribution is 0.153. The lowest BCUT2D eigenvalue weighted by Gasteiger charge is -2.16. The fourth-order valence-corrected chi connectivity index (χ4v) is 3.21. The molecule has 6 heteroatoms. The van der Waals surface area contributed by atoms with Gasteiger partial charge in [-0.15, -0.1) is 0 Å². The normalized spacial score (nSPS) is 13.1. The number of aryl methyl sites for hydroxylation is 2. The molecule has 0 amide bonds. The van der Waals surface area contributed by atoms with Gasteiger partial charge in [-0.25, -0.2) is 0 Å². The van der Waals surface area contributed by atoms with Crippen molar-refractivity contribution in [2.75, 3.05) is 0 Å². The van der Waals surface area contributed by atoms with E-state index in [4.69, 9.17) is 0 Å². The topological polar surface area (TPSA) is 55.9 Å². The summed E-state index contributed by atoms with van der Waals surface area (Å²) in [6.07, 6.45) is 2.68. The van der Waals surface area contributed by atoms with Crippen LogP contribution in [-0.4, -0.2) is 24.7 Å². The Balaban J connectivity index is 2.15. The molecule has 2 rings (SSSR count). The molecular formula is C15H23BrN4O. The van der Waals surface area contributed by atoms with Gasteiger partial charge in [-0.2, -0.15) is 10.2 Å². The van der Waals surface area contributed by atoms with Gasteiger partial charge in [-0.1, -0.05) is 0 Å². The van der Waals surface area contributed by atoms with Gasteiger partial charge in [0, 0.05) is 18.8 Å². The highest BCUT2D eigenvalue weighted by Crippen LogP contribution is 2.29. The fraction of sp³-hybridized carbons (Fsp3) is 0.600. The van der Waals surface area contributed by atoms with E-state index >= 15 is 0 Å². The Hall–Kier alpha value is -1.14. The van der Waals surface area contributed by atoms with Crippen molar-refractivity contribution in [1.82, 2.24) is 19.6 Å². The molecule has 0 aliphatic carbocycles. The van der Waals surface area contributed by atoms with E-state index in [2.05, 4.69) is 46.9 Å². The second kappa shape index (κ2) is 6.32. The molecular weight excluding hydrogens is 332 g/mol. The molecule has 0 bridgehead atoms. The van der Waals surface area contributed by atoms with Crippen molar-refractivity contribution in [3.8, 4) is 0 Å². The molecule has 0 fully saturated rings. The molecule has 0 aromatic carbocycles. The Morgan fingerprint density at radius 3 is 2.52 bits per heavy atom. The van der Waals surface area contributed by atoms with Gasteiger partial charge in [-0.05, 0) is 62.0 Å². The minimum Gasteiger partial charge on any atom is -0.387 e.